The molecular formula is C17H17N5O3. The molecule has 1 unspecified atom stereocenters. The molecule has 0 radical (unpaired) electrons. The Balaban J connectivity index is 1.76. The van der Waals surface area contributed by atoms with Crippen molar-refractivity contribution in [3.05, 3.63) is 80.9 Å². The Kier molecular flexibility index (Phi) is 4.60. The van der Waals surface area contributed by atoms with Gasteiger partial charge in [-0.25, -0.2) is 9.48 Å². The molecule has 0 aliphatic heterocycles. The van der Waals surface area contributed by atoms with Crippen LogP contribution < -0.4 is 16.6 Å². The van der Waals surface area contributed by atoms with Crippen molar-refractivity contribution in [2.24, 2.45) is 0 Å². The third-order valence-corrected chi connectivity index (χ3v) is 3.78. The lowest BCUT2D eigenvalue weighted by atomic mass is 10.1. The first-order valence-corrected chi connectivity index (χ1v) is 7.74. The Morgan fingerprint density at radius 3 is 2.80 bits per heavy atom. The van der Waals surface area contributed by atoms with E-state index < -0.39 is 11.2 Å². The maximum absolute atomic E-state index is 12.3. The first-order valence-electron chi connectivity index (χ1n) is 7.74. The second-order valence-electron chi connectivity index (χ2n) is 5.57. The summed E-state index contributed by atoms with van der Waals surface area (Å²) in [5.74, 6) is -0.319. The number of aromatic nitrogens is 4. The maximum Gasteiger partial charge on any atom is 0.325 e. The summed E-state index contributed by atoms with van der Waals surface area (Å²) < 4.78 is 1.73. The van der Waals surface area contributed by atoms with E-state index in [4.69, 9.17) is 0 Å². The van der Waals surface area contributed by atoms with E-state index in [1.165, 1.54) is 6.20 Å². The van der Waals surface area contributed by atoms with Crippen LogP contribution in [0.25, 0.3) is 5.69 Å². The predicted octanol–water partition coefficient (Wildman–Crippen LogP) is 0.669. The quantitative estimate of drug-likeness (QED) is 0.634. The van der Waals surface area contributed by atoms with Crippen LogP contribution in [0.2, 0.25) is 0 Å². The van der Waals surface area contributed by atoms with Crippen molar-refractivity contribution >= 4 is 5.91 Å². The minimum absolute atomic E-state index is 0.125. The number of rotatable bonds is 5. The number of para-hydroxylation sites is 1. The average Bonchev–Trinajstić information content (AvgIpc) is 3.12. The summed E-state index contributed by atoms with van der Waals surface area (Å²) in [6.45, 7) is 1.86. The van der Waals surface area contributed by atoms with Gasteiger partial charge in [0.2, 0.25) is 5.91 Å². The molecule has 3 rings (SSSR count). The monoisotopic (exact) mass is 339 g/mol. The van der Waals surface area contributed by atoms with Crippen LogP contribution in [0.5, 0.6) is 0 Å². The van der Waals surface area contributed by atoms with E-state index in [1.54, 1.807) is 10.9 Å². The number of aromatic amines is 2. The van der Waals surface area contributed by atoms with Crippen LogP contribution in [-0.2, 0) is 11.2 Å². The fraction of sp³-hybridized carbons (Fsp3) is 0.176. The van der Waals surface area contributed by atoms with Gasteiger partial charge in [-0.05, 0) is 24.6 Å². The summed E-state index contributed by atoms with van der Waals surface area (Å²) in [4.78, 5) is 39.4. The van der Waals surface area contributed by atoms with Gasteiger partial charge < -0.3 is 10.3 Å². The second kappa shape index (κ2) is 7.00. The molecule has 0 bridgehead atoms. The van der Waals surface area contributed by atoms with E-state index >= 15 is 0 Å². The summed E-state index contributed by atoms with van der Waals surface area (Å²) in [5, 5.41) is 7.09. The summed E-state index contributed by atoms with van der Waals surface area (Å²) in [5.41, 5.74) is 0.793. The van der Waals surface area contributed by atoms with Gasteiger partial charge in [-0.1, -0.05) is 18.2 Å². The molecule has 0 aliphatic carbocycles. The molecule has 0 fully saturated rings. The minimum atomic E-state index is -0.601. The Hall–Kier alpha value is -3.42. The molecule has 128 valence electrons. The van der Waals surface area contributed by atoms with Gasteiger partial charge in [0.15, 0.2) is 0 Å². The van der Waals surface area contributed by atoms with Crippen molar-refractivity contribution in [2.45, 2.75) is 19.4 Å². The van der Waals surface area contributed by atoms with Crippen LogP contribution in [0.4, 0.5) is 0 Å². The van der Waals surface area contributed by atoms with Crippen LogP contribution in [0.3, 0.4) is 0 Å². The van der Waals surface area contributed by atoms with Crippen LogP contribution in [0.1, 0.15) is 24.1 Å². The van der Waals surface area contributed by atoms with Gasteiger partial charge in [-0.3, -0.25) is 14.6 Å². The van der Waals surface area contributed by atoms with Gasteiger partial charge in [-0.2, -0.15) is 5.10 Å². The molecule has 0 saturated heterocycles. The highest BCUT2D eigenvalue weighted by Crippen LogP contribution is 2.20. The van der Waals surface area contributed by atoms with E-state index in [0.717, 1.165) is 11.3 Å². The van der Waals surface area contributed by atoms with Crippen LogP contribution in [0, 0.1) is 0 Å². The predicted molar refractivity (Wildman–Crippen MR) is 91.5 cm³/mol. The zero-order valence-corrected chi connectivity index (χ0v) is 13.5. The molecule has 1 atom stereocenters. The number of carbonyl (C=O) groups excluding carboxylic acids is 1. The van der Waals surface area contributed by atoms with Crippen molar-refractivity contribution in [3.8, 4) is 5.69 Å². The standard InChI is InChI=1S/C17H17N5O3/c1-11(13-5-2-3-6-14(13)22-8-4-7-19-22)20-15(23)9-12-10-18-17(25)21-16(12)24/h2-8,10-11H,9H2,1H3,(H,20,23)(H2,18,21,24,25). The number of nitrogens with zero attached hydrogens (tertiary/aromatic N) is 2. The van der Waals surface area contributed by atoms with Gasteiger partial charge in [0, 0.05) is 24.2 Å². The molecule has 0 aliphatic rings. The SMILES string of the molecule is CC(NC(=O)Cc1c[nH]c(=O)[nH]c1=O)c1ccccc1-n1cccn1. The number of hydrogen-bond acceptors (Lipinski definition) is 4. The van der Waals surface area contributed by atoms with Crippen molar-refractivity contribution in [2.75, 3.05) is 0 Å². The summed E-state index contributed by atoms with van der Waals surface area (Å²) in [7, 11) is 0. The first kappa shape index (κ1) is 16.4. The van der Waals surface area contributed by atoms with Crippen LogP contribution in [0.15, 0.2) is 58.5 Å². The Morgan fingerprint density at radius 2 is 2.08 bits per heavy atom. The summed E-state index contributed by atoms with van der Waals surface area (Å²) in [6, 6.07) is 9.15. The lowest BCUT2D eigenvalue weighted by Crippen LogP contribution is -2.32. The third kappa shape index (κ3) is 3.74. The fourth-order valence-electron chi connectivity index (χ4n) is 2.59. The highest BCUT2D eigenvalue weighted by atomic mass is 16.2. The average molecular weight is 339 g/mol. The number of benzene rings is 1. The van der Waals surface area contributed by atoms with E-state index in [2.05, 4.69) is 20.4 Å². The maximum atomic E-state index is 12.3. The molecule has 8 nitrogen and oxygen atoms in total. The Labute approximate surface area is 142 Å². The minimum Gasteiger partial charge on any atom is -0.349 e. The molecule has 1 amide bonds. The topological polar surface area (TPSA) is 113 Å². The smallest absolute Gasteiger partial charge is 0.325 e. The Bertz CT molecular complexity index is 988. The molecule has 0 saturated carbocycles. The molecule has 25 heavy (non-hydrogen) atoms. The van der Waals surface area contributed by atoms with Gasteiger partial charge in [0.05, 0.1) is 18.2 Å². The van der Waals surface area contributed by atoms with Crippen molar-refractivity contribution in [3.63, 3.8) is 0 Å². The Morgan fingerprint density at radius 1 is 1.28 bits per heavy atom. The normalized spacial score (nSPS) is 11.9. The number of nitrogens with one attached hydrogen (secondary N) is 3. The molecule has 2 heterocycles. The molecule has 2 aromatic heterocycles. The highest BCUT2D eigenvalue weighted by molar-refractivity contribution is 5.79. The zero-order chi connectivity index (χ0) is 17.8. The molecule has 0 spiro atoms. The summed E-state index contributed by atoms with van der Waals surface area (Å²) >= 11 is 0. The number of amides is 1. The fourth-order valence-corrected chi connectivity index (χ4v) is 2.59. The van der Waals surface area contributed by atoms with Gasteiger partial charge in [-0.15, -0.1) is 0 Å². The molecular weight excluding hydrogens is 322 g/mol. The van der Waals surface area contributed by atoms with E-state index in [-0.39, 0.29) is 23.9 Å². The highest BCUT2D eigenvalue weighted by Gasteiger charge is 2.15. The van der Waals surface area contributed by atoms with Gasteiger partial charge in [0.25, 0.3) is 5.56 Å². The van der Waals surface area contributed by atoms with Crippen molar-refractivity contribution in [1.82, 2.24) is 25.1 Å². The van der Waals surface area contributed by atoms with Crippen LogP contribution in [-0.4, -0.2) is 25.7 Å². The molecule has 3 aromatic rings. The van der Waals surface area contributed by atoms with Crippen molar-refractivity contribution < 1.29 is 4.79 Å². The van der Waals surface area contributed by atoms with E-state index in [0.29, 0.717) is 0 Å². The van der Waals surface area contributed by atoms with Crippen molar-refractivity contribution in [1.29, 1.82) is 0 Å². The number of carbonyl (C=O) groups is 1. The van der Waals surface area contributed by atoms with E-state index in [1.807, 2.05) is 43.5 Å². The van der Waals surface area contributed by atoms with Crippen LogP contribution >= 0.6 is 0 Å². The van der Waals surface area contributed by atoms with Gasteiger partial charge in [0.1, 0.15) is 0 Å². The molecule has 8 heteroatoms. The molecule has 3 N–H and O–H groups in total. The lowest BCUT2D eigenvalue weighted by molar-refractivity contribution is -0.121. The summed E-state index contributed by atoms with van der Waals surface area (Å²) in [6.07, 6.45) is 4.64. The third-order valence-electron chi connectivity index (χ3n) is 3.78. The first-order chi connectivity index (χ1) is 12.0. The lowest BCUT2D eigenvalue weighted by Gasteiger charge is -2.18. The second-order valence-corrected chi connectivity index (χ2v) is 5.57. The van der Waals surface area contributed by atoms with E-state index in [9.17, 15) is 14.4 Å². The van der Waals surface area contributed by atoms with Gasteiger partial charge >= 0.3 is 5.69 Å². The largest absolute Gasteiger partial charge is 0.349 e. The number of H-pyrrole nitrogens is 2. The number of hydrogen-bond donors (Lipinski definition) is 3. The molecule has 1 aromatic carbocycles. The zero-order valence-electron chi connectivity index (χ0n) is 13.5.